The average Bonchev–Trinajstić information content (AvgIpc) is 2.72. The van der Waals surface area contributed by atoms with E-state index in [1.54, 1.807) is 0 Å². The molecule has 1 saturated carbocycles. The van der Waals surface area contributed by atoms with Crippen LogP contribution in [0.1, 0.15) is 32.1 Å². The predicted molar refractivity (Wildman–Crippen MR) is 120 cm³/mol. The number of amides is 1. The van der Waals surface area contributed by atoms with Crippen molar-refractivity contribution in [2.75, 3.05) is 51.3 Å². The van der Waals surface area contributed by atoms with E-state index in [0.29, 0.717) is 31.9 Å². The van der Waals surface area contributed by atoms with Crippen LogP contribution in [-0.2, 0) is 24.8 Å². The summed E-state index contributed by atoms with van der Waals surface area (Å²) >= 11 is 0. The van der Waals surface area contributed by atoms with E-state index in [1.165, 1.54) is 32.9 Å². The molecule has 0 unspecified atom stereocenters. The smallest absolute Gasteiger partial charge is 0.243 e. The van der Waals surface area contributed by atoms with Gasteiger partial charge in [-0.3, -0.25) is 4.79 Å². The third kappa shape index (κ3) is 6.26. The van der Waals surface area contributed by atoms with Crippen LogP contribution in [0.5, 0.6) is 0 Å². The van der Waals surface area contributed by atoms with Crippen molar-refractivity contribution in [3.63, 3.8) is 0 Å². The highest BCUT2D eigenvalue weighted by molar-refractivity contribution is 7.89. The molecule has 1 aromatic rings. The number of hydrogen-bond donors (Lipinski definition) is 1. The van der Waals surface area contributed by atoms with Crippen LogP contribution in [0, 0.1) is 0 Å². The molecule has 31 heavy (non-hydrogen) atoms. The number of anilines is 1. The minimum absolute atomic E-state index is 0.148. The van der Waals surface area contributed by atoms with Gasteiger partial charge in [0.1, 0.15) is 0 Å². The number of sulfonamides is 2. The summed E-state index contributed by atoms with van der Waals surface area (Å²) in [4.78, 5) is 14.8. The lowest BCUT2D eigenvalue weighted by Gasteiger charge is -2.32. The summed E-state index contributed by atoms with van der Waals surface area (Å²) < 4.78 is 52.8. The zero-order chi connectivity index (χ0) is 22.6. The number of likely N-dealkylation sites (N-methyl/N-ethyl adjacent to an activating group) is 1. The lowest BCUT2D eigenvalue weighted by atomic mass is 9.95. The maximum Gasteiger partial charge on any atom is 0.243 e. The largest absolute Gasteiger partial charge is 0.325 e. The second-order valence-electron chi connectivity index (χ2n) is 8.38. The molecule has 0 bridgehead atoms. The SMILES string of the molecule is CN1CCN(S(=O)(=O)c2ccc(NC(=O)CN(C3CCCCC3)S(C)(=O)=O)cc2)CC1. The minimum atomic E-state index is -3.58. The van der Waals surface area contributed by atoms with Crippen LogP contribution in [-0.4, -0.2) is 88.3 Å². The number of nitrogens with zero attached hydrogens (tertiary/aromatic N) is 3. The summed E-state index contributed by atoms with van der Waals surface area (Å²) in [7, 11) is -5.13. The standard InChI is InChI=1S/C20H32N4O5S2/c1-22-12-14-23(15-13-22)31(28,29)19-10-8-17(9-11-19)21-20(25)16-24(30(2,26)27)18-6-4-3-5-7-18/h8-11,18H,3-7,12-16H2,1-2H3,(H,21,25). The molecule has 1 aliphatic heterocycles. The van der Waals surface area contributed by atoms with Crippen molar-refractivity contribution in [3.8, 4) is 0 Å². The molecule has 1 aromatic carbocycles. The van der Waals surface area contributed by atoms with E-state index in [2.05, 4.69) is 10.2 Å². The summed E-state index contributed by atoms with van der Waals surface area (Å²) in [5.74, 6) is -0.439. The first-order valence-electron chi connectivity index (χ1n) is 10.6. The summed E-state index contributed by atoms with van der Waals surface area (Å²) in [5, 5.41) is 2.69. The third-order valence-electron chi connectivity index (χ3n) is 5.95. The lowest BCUT2D eigenvalue weighted by Crippen LogP contribution is -2.47. The highest BCUT2D eigenvalue weighted by Crippen LogP contribution is 2.25. The molecule has 3 rings (SSSR count). The molecule has 9 nitrogen and oxygen atoms in total. The summed E-state index contributed by atoms with van der Waals surface area (Å²) in [5.41, 5.74) is 0.430. The number of piperazine rings is 1. The van der Waals surface area contributed by atoms with Crippen molar-refractivity contribution in [2.24, 2.45) is 0 Å². The van der Waals surface area contributed by atoms with Crippen molar-refractivity contribution in [2.45, 2.75) is 43.0 Å². The highest BCUT2D eigenvalue weighted by Gasteiger charge is 2.30. The predicted octanol–water partition coefficient (Wildman–Crippen LogP) is 1.16. The number of rotatable bonds is 7. The van der Waals surface area contributed by atoms with Crippen LogP contribution in [0.15, 0.2) is 29.2 Å². The normalized spacial score (nSPS) is 20.1. The first-order valence-corrected chi connectivity index (χ1v) is 13.9. The molecule has 0 radical (unpaired) electrons. The lowest BCUT2D eigenvalue weighted by molar-refractivity contribution is -0.116. The molecule has 2 fully saturated rings. The molecule has 1 saturated heterocycles. The summed E-state index contributed by atoms with van der Waals surface area (Å²) in [6.45, 7) is 2.01. The monoisotopic (exact) mass is 472 g/mol. The molecule has 2 aliphatic rings. The quantitative estimate of drug-likeness (QED) is 0.638. The van der Waals surface area contributed by atoms with Crippen LogP contribution < -0.4 is 5.32 Å². The number of benzene rings is 1. The molecule has 1 heterocycles. The van der Waals surface area contributed by atoms with Crippen LogP contribution in [0.4, 0.5) is 5.69 Å². The van der Waals surface area contributed by atoms with Gasteiger partial charge in [-0.25, -0.2) is 16.8 Å². The fourth-order valence-corrected chi connectivity index (χ4v) is 6.64. The van der Waals surface area contributed by atoms with Gasteiger partial charge in [0.05, 0.1) is 17.7 Å². The maximum absolute atomic E-state index is 12.8. The minimum Gasteiger partial charge on any atom is -0.325 e. The Labute approximate surface area is 185 Å². The Kier molecular flexibility index (Phi) is 7.74. The van der Waals surface area contributed by atoms with E-state index in [0.717, 1.165) is 38.4 Å². The zero-order valence-corrected chi connectivity index (χ0v) is 19.8. The van der Waals surface area contributed by atoms with Crippen LogP contribution in [0.2, 0.25) is 0 Å². The van der Waals surface area contributed by atoms with Crippen molar-refractivity contribution in [1.29, 1.82) is 0 Å². The molecule has 1 N–H and O–H groups in total. The molecule has 1 aliphatic carbocycles. The molecular formula is C20H32N4O5S2. The summed E-state index contributed by atoms with van der Waals surface area (Å²) in [6.07, 6.45) is 5.66. The van der Waals surface area contributed by atoms with Crippen LogP contribution in [0.3, 0.4) is 0 Å². The Morgan fingerprint density at radius 1 is 1.00 bits per heavy atom. The first kappa shape index (κ1) is 24.1. The number of nitrogens with one attached hydrogen (secondary N) is 1. The number of carbonyl (C=O) groups excluding carboxylic acids is 1. The van der Waals surface area contributed by atoms with Crippen molar-refractivity contribution >= 4 is 31.6 Å². The second kappa shape index (κ2) is 9.95. The van der Waals surface area contributed by atoms with Gasteiger partial charge in [0.2, 0.25) is 26.0 Å². The van der Waals surface area contributed by atoms with Gasteiger partial charge in [-0.15, -0.1) is 0 Å². The molecule has 0 aromatic heterocycles. The van der Waals surface area contributed by atoms with Gasteiger partial charge >= 0.3 is 0 Å². The molecule has 0 atom stereocenters. The van der Waals surface area contributed by atoms with Crippen LogP contribution in [0.25, 0.3) is 0 Å². The van der Waals surface area contributed by atoms with Gasteiger partial charge < -0.3 is 10.2 Å². The van der Waals surface area contributed by atoms with E-state index in [4.69, 9.17) is 0 Å². The first-order chi connectivity index (χ1) is 14.6. The van der Waals surface area contributed by atoms with Gasteiger partial charge in [-0.1, -0.05) is 19.3 Å². The Bertz CT molecular complexity index is 965. The third-order valence-corrected chi connectivity index (χ3v) is 9.14. The van der Waals surface area contributed by atoms with E-state index in [9.17, 15) is 21.6 Å². The van der Waals surface area contributed by atoms with E-state index >= 15 is 0 Å². The molecule has 1 amide bonds. The summed E-state index contributed by atoms with van der Waals surface area (Å²) in [6, 6.07) is 5.86. The highest BCUT2D eigenvalue weighted by atomic mass is 32.2. The Morgan fingerprint density at radius 2 is 1.58 bits per heavy atom. The number of carbonyl (C=O) groups is 1. The second-order valence-corrected chi connectivity index (χ2v) is 12.3. The number of hydrogen-bond acceptors (Lipinski definition) is 6. The van der Waals surface area contributed by atoms with Gasteiger partial charge in [-0.2, -0.15) is 8.61 Å². The fraction of sp³-hybridized carbons (Fsp3) is 0.650. The topological polar surface area (TPSA) is 107 Å². The molecule has 174 valence electrons. The van der Waals surface area contributed by atoms with Gasteiger partial charge in [-0.05, 0) is 44.2 Å². The van der Waals surface area contributed by atoms with Crippen molar-refractivity contribution in [3.05, 3.63) is 24.3 Å². The van der Waals surface area contributed by atoms with Crippen LogP contribution >= 0.6 is 0 Å². The van der Waals surface area contributed by atoms with Crippen molar-refractivity contribution in [1.82, 2.24) is 13.5 Å². The zero-order valence-electron chi connectivity index (χ0n) is 18.2. The molecular weight excluding hydrogens is 440 g/mol. The maximum atomic E-state index is 12.8. The van der Waals surface area contributed by atoms with Crippen molar-refractivity contribution < 1.29 is 21.6 Å². The Morgan fingerprint density at radius 3 is 2.13 bits per heavy atom. The Balaban J connectivity index is 1.64. The fourth-order valence-electron chi connectivity index (χ4n) is 4.12. The van der Waals surface area contributed by atoms with E-state index in [-0.39, 0.29) is 17.5 Å². The van der Waals surface area contributed by atoms with E-state index in [1.807, 2.05) is 7.05 Å². The van der Waals surface area contributed by atoms with Gasteiger partial charge in [0.25, 0.3) is 0 Å². The molecule has 0 spiro atoms. The van der Waals surface area contributed by atoms with E-state index < -0.39 is 26.0 Å². The average molecular weight is 473 g/mol. The van der Waals surface area contributed by atoms with Gasteiger partial charge in [0.15, 0.2) is 0 Å². The van der Waals surface area contributed by atoms with Gasteiger partial charge in [0, 0.05) is 37.9 Å². The Hall–Kier alpha value is -1.53. The molecule has 11 heteroatoms.